The van der Waals surface area contributed by atoms with Gasteiger partial charge in [0.05, 0.1) is 12.3 Å². The van der Waals surface area contributed by atoms with Crippen molar-refractivity contribution in [1.29, 1.82) is 0 Å². The second-order valence-corrected chi connectivity index (χ2v) is 6.78. The van der Waals surface area contributed by atoms with Crippen LogP contribution in [0.3, 0.4) is 0 Å². The molecule has 6 heteroatoms. The maximum atomic E-state index is 6.01. The van der Waals surface area contributed by atoms with Gasteiger partial charge in [-0.3, -0.25) is 0 Å². The van der Waals surface area contributed by atoms with Crippen LogP contribution in [-0.4, -0.2) is 55.3 Å². The largest absolute Gasteiger partial charge is 0.381 e. The van der Waals surface area contributed by atoms with Crippen molar-refractivity contribution >= 4 is 11.8 Å². The number of benzene rings is 1. The SMILES string of the molecule is CN(C)CCN(Cc1ccccc1)c1cc([C@H]2CCOC2)nc(N)n1. The van der Waals surface area contributed by atoms with E-state index < -0.39 is 0 Å². The molecule has 1 aromatic carbocycles. The van der Waals surface area contributed by atoms with Crippen LogP contribution >= 0.6 is 0 Å². The molecule has 1 aliphatic rings. The van der Waals surface area contributed by atoms with E-state index in [0.29, 0.717) is 18.5 Å². The van der Waals surface area contributed by atoms with E-state index in [-0.39, 0.29) is 0 Å². The topological polar surface area (TPSA) is 67.5 Å². The number of anilines is 2. The van der Waals surface area contributed by atoms with E-state index in [9.17, 15) is 0 Å². The zero-order valence-electron chi connectivity index (χ0n) is 15.1. The maximum Gasteiger partial charge on any atom is 0.222 e. The predicted molar refractivity (Wildman–Crippen MR) is 101 cm³/mol. The number of nitrogen functional groups attached to an aromatic ring is 1. The molecule has 0 bridgehead atoms. The molecule has 0 saturated carbocycles. The quantitative estimate of drug-likeness (QED) is 0.832. The Hall–Kier alpha value is -2.18. The van der Waals surface area contributed by atoms with E-state index in [0.717, 1.165) is 44.2 Å². The molecule has 2 heterocycles. The summed E-state index contributed by atoms with van der Waals surface area (Å²) in [5, 5.41) is 0. The first kappa shape index (κ1) is 17.6. The van der Waals surface area contributed by atoms with Gasteiger partial charge in [-0.05, 0) is 26.1 Å². The van der Waals surface area contributed by atoms with Crippen LogP contribution in [0.2, 0.25) is 0 Å². The first-order valence-electron chi connectivity index (χ1n) is 8.77. The van der Waals surface area contributed by atoms with Crippen LogP contribution in [0.4, 0.5) is 11.8 Å². The minimum Gasteiger partial charge on any atom is -0.381 e. The first-order valence-corrected chi connectivity index (χ1v) is 8.77. The summed E-state index contributed by atoms with van der Waals surface area (Å²) in [4.78, 5) is 13.4. The van der Waals surface area contributed by atoms with E-state index in [1.54, 1.807) is 0 Å². The average Bonchev–Trinajstić information content (AvgIpc) is 3.13. The zero-order chi connectivity index (χ0) is 17.6. The Bertz CT molecular complexity index is 671. The van der Waals surface area contributed by atoms with Gasteiger partial charge in [-0.25, -0.2) is 4.98 Å². The number of nitrogens with two attached hydrogens (primary N) is 1. The highest BCUT2D eigenvalue weighted by molar-refractivity contribution is 5.45. The molecule has 1 fully saturated rings. The second kappa shape index (κ2) is 8.27. The maximum absolute atomic E-state index is 6.01. The summed E-state index contributed by atoms with van der Waals surface area (Å²) in [6.45, 7) is 4.12. The smallest absolute Gasteiger partial charge is 0.222 e. The lowest BCUT2D eigenvalue weighted by Gasteiger charge is -2.26. The van der Waals surface area contributed by atoms with Crippen molar-refractivity contribution in [3.63, 3.8) is 0 Å². The highest BCUT2D eigenvalue weighted by atomic mass is 16.5. The van der Waals surface area contributed by atoms with Crippen molar-refractivity contribution in [2.75, 3.05) is 51.0 Å². The fraction of sp³-hybridized carbons (Fsp3) is 0.474. The van der Waals surface area contributed by atoms with E-state index in [1.165, 1.54) is 5.56 Å². The summed E-state index contributed by atoms with van der Waals surface area (Å²) >= 11 is 0. The molecule has 134 valence electrons. The van der Waals surface area contributed by atoms with Crippen molar-refractivity contribution in [1.82, 2.24) is 14.9 Å². The normalized spacial score (nSPS) is 17.2. The molecular formula is C19H27N5O. The lowest BCUT2D eigenvalue weighted by Crippen LogP contribution is -2.32. The van der Waals surface area contributed by atoms with Gasteiger partial charge in [0, 0.05) is 38.2 Å². The number of hydrogen-bond acceptors (Lipinski definition) is 6. The molecule has 0 amide bonds. The van der Waals surface area contributed by atoms with E-state index in [4.69, 9.17) is 10.5 Å². The van der Waals surface area contributed by atoms with Crippen LogP contribution in [0.5, 0.6) is 0 Å². The molecule has 1 atom stereocenters. The number of rotatable bonds is 7. The lowest BCUT2D eigenvalue weighted by atomic mass is 10.0. The summed E-state index contributed by atoms with van der Waals surface area (Å²) in [5.41, 5.74) is 8.26. The van der Waals surface area contributed by atoms with Gasteiger partial charge >= 0.3 is 0 Å². The molecule has 3 rings (SSSR count). The van der Waals surface area contributed by atoms with Gasteiger partial charge in [-0.15, -0.1) is 0 Å². The van der Waals surface area contributed by atoms with E-state index in [2.05, 4.69) is 64.2 Å². The molecule has 0 spiro atoms. The van der Waals surface area contributed by atoms with Crippen LogP contribution in [0.25, 0.3) is 0 Å². The third-order valence-corrected chi connectivity index (χ3v) is 4.46. The number of hydrogen-bond donors (Lipinski definition) is 1. The van der Waals surface area contributed by atoms with Crippen molar-refractivity contribution in [2.24, 2.45) is 0 Å². The van der Waals surface area contributed by atoms with Crippen LogP contribution in [0.15, 0.2) is 36.4 Å². The molecule has 2 aromatic rings. The molecule has 0 radical (unpaired) electrons. The number of likely N-dealkylation sites (N-methyl/N-ethyl adjacent to an activating group) is 1. The highest BCUT2D eigenvalue weighted by Crippen LogP contribution is 2.27. The molecule has 1 aromatic heterocycles. The Balaban J connectivity index is 1.85. The van der Waals surface area contributed by atoms with Gasteiger partial charge in [-0.2, -0.15) is 4.98 Å². The van der Waals surface area contributed by atoms with Gasteiger partial charge in [0.1, 0.15) is 5.82 Å². The molecule has 0 aliphatic carbocycles. The van der Waals surface area contributed by atoms with Crippen molar-refractivity contribution in [3.05, 3.63) is 47.7 Å². The predicted octanol–water partition coefficient (Wildman–Crippen LogP) is 2.13. The van der Waals surface area contributed by atoms with Crippen molar-refractivity contribution < 1.29 is 4.74 Å². The van der Waals surface area contributed by atoms with Gasteiger partial charge in [0.15, 0.2) is 0 Å². The number of nitrogens with zero attached hydrogens (tertiary/aromatic N) is 4. The fourth-order valence-electron chi connectivity index (χ4n) is 3.01. The number of aromatic nitrogens is 2. The summed E-state index contributed by atoms with van der Waals surface area (Å²) in [6, 6.07) is 12.5. The van der Waals surface area contributed by atoms with Crippen LogP contribution < -0.4 is 10.6 Å². The zero-order valence-corrected chi connectivity index (χ0v) is 15.1. The van der Waals surface area contributed by atoms with Crippen LogP contribution in [0, 0.1) is 0 Å². The Labute approximate surface area is 149 Å². The summed E-state index contributed by atoms with van der Waals surface area (Å²) in [6.07, 6.45) is 0.992. The van der Waals surface area contributed by atoms with E-state index >= 15 is 0 Å². The average molecular weight is 341 g/mol. The Morgan fingerprint density at radius 3 is 2.64 bits per heavy atom. The molecule has 1 aliphatic heterocycles. The molecule has 0 unspecified atom stereocenters. The van der Waals surface area contributed by atoms with Gasteiger partial charge in [0.2, 0.25) is 5.95 Å². The molecule has 25 heavy (non-hydrogen) atoms. The molecular weight excluding hydrogens is 314 g/mol. The van der Waals surface area contributed by atoms with E-state index in [1.807, 2.05) is 6.07 Å². The monoisotopic (exact) mass is 341 g/mol. The first-order chi connectivity index (χ1) is 12.1. The standard InChI is InChI=1S/C19H27N5O/c1-23(2)9-10-24(13-15-6-4-3-5-7-15)18-12-17(21-19(20)22-18)16-8-11-25-14-16/h3-7,12,16H,8-11,13-14H2,1-2H3,(H2,20,21,22)/t16-/m0/s1. The summed E-state index contributed by atoms with van der Waals surface area (Å²) in [5.74, 6) is 1.54. The Morgan fingerprint density at radius 1 is 1.16 bits per heavy atom. The molecule has 2 N–H and O–H groups in total. The third-order valence-electron chi connectivity index (χ3n) is 4.46. The van der Waals surface area contributed by atoms with Gasteiger partial charge in [-0.1, -0.05) is 30.3 Å². The van der Waals surface area contributed by atoms with Crippen LogP contribution in [-0.2, 0) is 11.3 Å². The minimum atomic E-state index is 0.316. The Morgan fingerprint density at radius 2 is 1.96 bits per heavy atom. The van der Waals surface area contributed by atoms with Crippen LogP contribution in [0.1, 0.15) is 23.6 Å². The van der Waals surface area contributed by atoms with Crippen molar-refractivity contribution in [3.8, 4) is 0 Å². The lowest BCUT2D eigenvalue weighted by molar-refractivity contribution is 0.193. The summed E-state index contributed by atoms with van der Waals surface area (Å²) < 4.78 is 5.50. The van der Waals surface area contributed by atoms with Gasteiger partial charge < -0.3 is 20.3 Å². The van der Waals surface area contributed by atoms with Crippen molar-refractivity contribution in [2.45, 2.75) is 18.9 Å². The summed E-state index contributed by atoms with van der Waals surface area (Å²) in [7, 11) is 4.16. The molecule has 6 nitrogen and oxygen atoms in total. The third kappa shape index (κ3) is 4.90. The minimum absolute atomic E-state index is 0.316. The molecule has 1 saturated heterocycles. The number of ether oxygens (including phenoxy) is 1. The Kier molecular flexibility index (Phi) is 5.83. The van der Waals surface area contributed by atoms with Gasteiger partial charge in [0.25, 0.3) is 0 Å². The fourth-order valence-corrected chi connectivity index (χ4v) is 3.01. The second-order valence-electron chi connectivity index (χ2n) is 6.78. The highest BCUT2D eigenvalue weighted by Gasteiger charge is 2.21.